The largest absolute Gasteiger partial charge is 0.394 e. The third-order valence-electron chi connectivity index (χ3n) is 2.35. The van der Waals surface area contributed by atoms with Crippen LogP contribution in [0.25, 0.3) is 0 Å². The van der Waals surface area contributed by atoms with Gasteiger partial charge >= 0.3 is 0 Å². The molecule has 0 spiro atoms. The monoisotopic (exact) mass is 219 g/mol. The summed E-state index contributed by atoms with van der Waals surface area (Å²) < 4.78 is 10.9. The lowest BCUT2D eigenvalue weighted by Crippen LogP contribution is -2.36. The van der Waals surface area contributed by atoms with E-state index in [4.69, 9.17) is 20.3 Å². The second-order valence-corrected chi connectivity index (χ2v) is 4.47. The molecule has 5 heteroatoms. The molecule has 0 saturated heterocycles. The Morgan fingerprint density at radius 2 is 1.93 bits per heavy atom. The minimum absolute atomic E-state index is 0.0129. The van der Waals surface area contributed by atoms with Crippen molar-refractivity contribution in [3.8, 4) is 0 Å². The molecule has 0 aromatic rings. The average molecular weight is 219 g/mol. The van der Waals surface area contributed by atoms with Gasteiger partial charge in [0.2, 0.25) is 0 Å². The maximum absolute atomic E-state index is 9.54. The maximum atomic E-state index is 9.54. The maximum Gasteiger partial charge on any atom is 0.160 e. The Labute approximate surface area is 90.2 Å². The highest BCUT2D eigenvalue weighted by Crippen LogP contribution is 2.27. The zero-order chi connectivity index (χ0) is 11.5. The SMILES string of the molecule is CC(C)(O)O[C@H]1C[C@H](N)C[C@@H]1OCCO. The van der Waals surface area contributed by atoms with Crippen molar-refractivity contribution in [1.82, 2.24) is 0 Å². The Balaban J connectivity index is 2.45. The van der Waals surface area contributed by atoms with Gasteiger partial charge in [-0.15, -0.1) is 0 Å². The van der Waals surface area contributed by atoms with Crippen LogP contribution < -0.4 is 5.73 Å². The molecule has 0 unspecified atom stereocenters. The summed E-state index contributed by atoms with van der Waals surface area (Å²) in [6.07, 6.45) is 1.08. The molecule has 0 bridgehead atoms. The van der Waals surface area contributed by atoms with E-state index in [1.54, 1.807) is 13.8 Å². The molecule has 0 heterocycles. The zero-order valence-corrected chi connectivity index (χ0v) is 9.35. The van der Waals surface area contributed by atoms with Crippen molar-refractivity contribution in [2.75, 3.05) is 13.2 Å². The first kappa shape index (κ1) is 12.9. The normalized spacial score (nSPS) is 32.2. The average Bonchev–Trinajstić information content (AvgIpc) is 2.39. The predicted molar refractivity (Wildman–Crippen MR) is 55.2 cm³/mol. The Morgan fingerprint density at radius 3 is 2.47 bits per heavy atom. The summed E-state index contributed by atoms with van der Waals surface area (Å²) in [5.74, 6) is -1.17. The van der Waals surface area contributed by atoms with E-state index < -0.39 is 5.79 Å². The van der Waals surface area contributed by atoms with Crippen molar-refractivity contribution in [2.45, 2.75) is 50.7 Å². The van der Waals surface area contributed by atoms with Crippen LogP contribution in [0.5, 0.6) is 0 Å². The molecule has 0 aromatic carbocycles. The molecule has 0 aliphatic heterocycles. The zero-order valence-electron chi connectivity index (χ0n) is 9.35. The first-order valence-electron chi connectivity index (χ1n) is 5.30. The lowest BCUT2D eigenvalue weighted by atomic mass is 10.2. The molecule has 1 rings (SSSR count). The third kappa shape index (κ3) is 4.44. The summed E-state index contributed by atoms with van der Waals surface area (Å²) in [6.45, 7) is 3.43. The summed E-state index contributed by atoms with van der Waals surface area (Å²) in [5, 5.41) is 18.2. The lowest BCUT2D eigenvalue weighted by molar-refractivity contribution is -0.224. The number of hydrogen-bond acceptors (Lipinski definition) is 5. The molecular formula is C10H21NO4. The van der Waals surface area contributed by atoms with Gasteiger partial charge in [0.05, 0.1) is 25.4 Å². The van der Waals surface area contributed by atoms with Crippen LogP contribution in [0.15, 0.2) is 0 Å². The van der Waals surface area contributed by atoms with Crippen molar-refractivity contribution in [1.29, 1.82) is 0 Å². The van der Waals surface area contributed by atoms with E-state index in [0.29, 0.717) is 12.8 Å². The fourth-order valence-corrected chi connectivity index (χ4v) is 1.87. The topological polar surface area (TPSA) is 84.9 Å². The minimum Gasteiger partial charge on any atom is -0.394 e. The van der Waals surface area contributed by atoms with Crippen molar-refractivity contribution in [2.24, 2.45) is 5.73 Å². The van der Waals surface area contributed by atoms with Crippen molar-refractivity contribution >= 4 is 0 Å². The fourth-order valence-electron chi connectivity index (χ4n) is 1.87. The van der Waals surface area contributed by atoms with Gasteiger partial charge in [0.15, 0.2) is 5.79 Å². The highest BCUT2D eigenvalue weighted by molar-refractivity contribution is 4.88. The Hall–Kier alpha value is -0.200. The minimum atomic E-state index is -1.17. The van der Waals surface area contributed by atoms with Gasteiger partial charge in [0, 0.05) is 6.04 Å². The van der Waals surface area contributed by atoms with Gasteiger partial charge in [-0.2, -0.15) is 0 Å². The standard InChI is InChI=1S/C10H21NO4/c1-10(2,13)15-9-6-7(11)5-8(9)14-4-3-12/h7-9,12-13H,3-6,11H2,1-2H3/t7-,8+,9+/m1/s1. The summed E-state index contributed by atoms with van der Waals surface area (Å²) in [7, 11) is 0. The second-order valence-electron chi connectivity index (χ2n) is 4.47. The van der Waals surface area contributed by atoms with Crippen LogP contribution in [0.4, 0.5) is 0 Å². The summed E-state index contributed by atoms with van der Waals surface area (Å²) in [4.78, 5) is 0. The van der Waals surface area contributed by atoms with E-state index in [1.807, 2.05) is 0 Å². The highest BCUT2D eigenvalue weighted by Gasteiger charge is 2.36. The molecule has 4 N–H and O–H groups in total. The van der Waals surface area contributed by atoms with Gasteiger partial charge in [0.1, 0.15) is 0 Å². The highest BCUT2D eigenvalue weighted by atomic mass is 16.6. The molecule has 1 fully saturated rings. The molecule has 5 nitrogen and oxygen atoms in total. The number of aliphatic hydroxyl groups is 2. The van der Waals surface area contributed by atoms with Gasteiger partial charge in [-0.25, -0.2) is 0 Å². The van der Waals surface area contributed by atoms with Gasteiger partial charge in [-0.1, -0.05) is 0 Å². The molecule has 0 amide bonds. The molecular weight excluding hydrogens is 198 g/mol. The van der Waals surface area contributed by atoms with Gasteiger partial charge in [-0.05, 0) is 26.7 Å². The van der Waals surface area contributed by atoms with Crippen molar-refractivity contribution in [3.05, 3.63) is 0 Å². The van der Waals surface area contributed by atoms with E-state index in [-0.39, 0.29) is 31.5 Å². The van der Waals surface area contributed by atoms with Gasteiger partial charge in [-0.3, -0.25) is 0 Å². The molecule has 1 aliphatic carbocycles. The first-order chi connectivity index (χ1) is 6.92. The Kier molecular flexibility index (Phi) is 4.48. The summed E-state index contributed by atoms with van der Waals surface area (Å²) in [6, 6.07) is 0.0426. The van der Waals surface area contributed by atoms with E-state index in [1.165, 1.54) is 0 Å². The third-order valence-corrected chi connectivity index (χ3v) is 2.35. The van der Waals surface area contributed by atoms with Crippen LogP contribution >= 0.6 is 0 Å². The van der Waals surface area contributed by atoms with Crippen LogP contribution in [0.2, 0.25) is 0 Å². The molecule has 3 atom stereocenters. The molecule has 0 radical (unpaired) electrons. The molecule has 15 heavy (non-hydrogen) atoms. The van der Waals surface area contributed by atoms with Crippen LogP contribution in [0, 0.1) is 0 Å². The van der Waals surface area contributed by atoms with Gasteiger partial charge in [0.25, 0.3) is 0 Å². The fraction of sp³-hybridized carbons (Fsp3) is 1.00. The Bertz CT molecular complexity index is 192. The summed E-state index contributed by atoms with van der Waals surface area (Å²) in [5.41, 5.74) is 5.80. The first-order valence-corrected chi connectivity index (χ1v) is 5.30. The van der Waals surface area contributed by atoms with E-state index in [2.05, 4.69) is 0 Å². The van der Waals surface area contributed by atoms with Crippen LogP contribution in [0.3, 0.4) is 0 Å². The number of ether oxygens (including phenoxy) is 2. The molecule has 1 saturated carbocycles. The van der Waals surface area contributed by atoms with Crippen molar-refractivity contribution in [3.63, 3.8) is 0 Å². The van der Waals surface area contributed by atoms with E-state index in [0.717, 1.165) is 0 Å². The molecule has 0 aromatic heterocycles. The lowest BCUT2D eigenvalue weighted by Gasteiger charge is -2.27. The quantitative estimate of drug-likeness (QED) is 0.548. The van der Waals surface area contributed by atoms with E-state index >= 15 is 0 Å². The smallest absolute Gasteiger partial charge is 0.160 e. The van der Waals surface area contributed by atoms with Crippen LogP contribution in [0.1, 0.15) is 26.7 Å². The molecule has 1 aliphatic rings. The van der Waals surface area contributed by atoms with E-state index in [9.17, 15) is 5.11 Å². The van der Waals surface area contributed by atoms with Crippen LogP contribution in [-0.4, -0.2) is 47.5 Å². The number of nitrogens with two attached hydrogens (primary N) is 1. The van der Waals surface area contributed by atoms with Gasteiger partial charge < -0.3 is 25.4 Å². The van der Waals surface area contributed by atoms with Crippen molar-refractivity contribution < 1.29 is 19.7 Å². The molecule has 90 valence electrons. The Morgan fingerprint density at radius 1 is 1.33 bits per heavy atom. The second kappa shape index (κ2) is 5.23. The number of rotatable bonds is 5. The predicted octanol–water partition coefficient (Wildman–Crippen LogP) is -0.401. The number of aliphatic hydroxyl groups excluding tert-OH is 1. The van der Waals surface area contributed by atoms with Crippen LogP contribution in [-0.2, 0) is 9.47 Å². The number of hydrogen-bond donors (Lipinski definition) is 3. The summed E-state index contributed by atoms with van der Waals surface area (Å²) >= 11 is 0.